The molecule has 3 atom stereocenters. The lowest BCUT2D eigenvalue weighted by molar-refractivity contribution is -0.138. The van der Waals surface area contributed by atoms with Gasteiger partial charge in [-0.2, -0.15) is 13.2 Å². The maximum atomic E-state index is 13.6. The molecule has 0 fully saturated rings. The summed E-state index contributed by atoms with van der Waals surface area (Å²) in [6.45, 7) is 0. The highest BCUT2D eigenvalue weighted by Gasteiger charge is 2.44. The van der Waals surface area contributed by atoms with Crippen LogP contribution in [0.15, 0.2) is 48.6 Å². The van der Waals surface area contributed by atoms with Crippen molar-refractivity contribution >= 4 is 23.3 Å². The zero-order valence-electron chi connectivity index (χ0n) is 14.9. The number of alkyl halides is 3. The standard InChI is InChI=1S/C21H17ClF3NO2/c1-28-20(27)14-9-10-16(22)19-17(14)11-6-4-7-12(11)18(26-19)13-5-2-3-8-15(13)21(23,24)25/h2-6,8-12,18,26H,7H2,1H3/t11-,12+,18-/m1/s1. The van der Waals surface area contributed by atoms with Crippen molar-refractivity contribution in [2.45, 2.75) is 24.6 Å². The number of anilines is 1. The summed E-state index contributed by atoms with van der Waals surface area (Å²) >= 11 is 6.37. The highest BCUT2D eigenvalue weighted by Crippen LogP contribution is 2.54. The Hall–Kier alpha value is -2.47. The summed E-state index contributed by atoms with van der Waals surface area (Å²) in [6, 6.07) is 8.15. The Labute approximate surface area is 165 Å². The first kappa shape index (κ1) is 18.9. The third-order valence-corrected chi connectivity index (χ3v) is 5.79. The van der Waals surface area contributed by atoms with Gasteiger partial charge in [0.1, 0.15) is 0 Å². The fourth-order valence-corrected chi connectivity index (χ4v) is 4.52. The predicted molar refractivity (Wildman–Crippen MR) is 101 cm³/mol. The van der Waals surface area contributed by atoms with Crippen molar-refractivity contribution in [3.63, 3.8) is 0 Å². The number of hydrogen-bond donors (Lipinski definition) is 1. The summed E-state index contributed by atoms with van der Waals surface area (Å²) in [6.07, 6.45) is 0.0203. The van der Waals surface area contributed by atoms with E-state index in [9.17, 15) is 18.0 Å². The molecule has 3 nitrogen and oxygen atoms in total. The van der Waals surface area contributed by atoms with E-state index in [4.69, 9.17) is 16.3 Å². The van der Waals surface area contributed by atoms with Crippen LogP contribution >= 0.6 is 11.6 Å². The second kappa shape index (κ2) is 6.85. The third kappa shape index (κ3) is 2.96. The fourth-order valence-electron chi connectivity index (χ4n) is 4.30. The van der Waals surface area contributed by atoms with Crippen LogP contribution in [-0.2, 0) is 10.9 Å². The molecule has 0 radical (unpaired) electrons. The lowest BCUT2D eigenvalue weighted by Gasteiger charge is -2.39. The van der Waals surface area contributed by atoms with E-state index in [1.807, 2.05) is 12.2 Å². The van der Waals surface area contributed by atoms with Gasteiger partial charge in [-0.05, 0) is 41.7 Å². The Morgan fingerprint density at radius 3 is 2.68 bits per heavy atom. The minimum Gasteiger partial charge on any atom is -0.465 e. The van der Waals surface area contributed by atoms with Gasteiger partial charge in [-0.15, -0.1) is 0 Å². The van der Waals surface area contributed by atoms with Gasteiger partial charge in [-0.25, -0.2) is 4.79 Å². The number of carbonyl (C=O) groups is 1. The number of nitrogens with one attached hydrogen (secondary N) is 1. The first-order valence-corrected chi connectivity index (χ1v) is 9.20. The topological polar surface area (TPSA) is 38.3 Å². The van der Waals surface area contributed by atoms with Gasteiger partial charge in [0.15, 0.2) is 0 Å². The molecular formula is C21H17ClF3NO2. The molecule has 0 amide bonds. The Balaban J connectivity index is 1.89. The smallest absolute Gasteiger partial charge is 0.416 e. The van der Waals surface area contributed by atoms with E-state index in [-0.39, 0.29) is 17.4 Å². The minimum absolute atomic E-state index is 0.169. The molecule has 1 aliphatic heterocycles. The number of benzene rings is 2. The highest BCUT2D eigenvalue weighted by atomic mass is 35.5. The zero-order chi connectivity index (χ0) is 20.1. The number of allylic oxidation sites excluding steroid dienone is 2. The number of hydrogen-bond acceptors (Lipinski definition) is 3. The monoisotopic (exact) mass is 407 g/mol. The normalized spacial score (nSPS) is 23.0. The van der Waals surface area contributed by atoms with Crippen LogP contribution in [0.2, 0.25) is 5.02 Å². The third-order valence-electron chi connectivity index (χ3n) is 5.48. The molecule has 0 aromatic heterocycles. The molecule has 2 aromatic carbocycles. The maximum absolute atomic E-state index is 13.6. The molecule has 0 spiro atoms. The average Bonchev–Trinajstić information content (AvgIpc) is 3.16. The van der Waals surface area contributed by atoms with Crippen LogP contribution in [0.3, 0.4) is 0 Å². The number of esters is 1. The summed E-state index contributed by atoms with van der Waals surface area (Å²) in [7, 11) is 1.30. The molecule has 0 unspecified atom stereocenters. The van der Waals surface area contributed by atoms with Gasteiger partial charge in [0.05, 0.1) is 35.0 Å². The number of carbonyl (C=O) groups excluding carboxylic acids is 1. The zero-order valence-corrected chi connectivity index (χ0v) is 15.6. The molecular weight excluding hydrogens is 391 g/mol. The van der Waals surface area contributed by atoms with E-state index in [1.54, 1.807) is 18.2 Å². The van der Waals surface area contributed by atoms with Crippen LogP contribution in [0.1, 0.15) is 45.4 Å². The van der Waals surface area contributed by atoms with Crippen LogP contribution < -0.4 is 5.32 Å². The van der Waals surface area contributed by atoms with Crippen molar-refractivity contribution in [1.29, 1.82) is 0 Å². The predicted octanol–water partition coefficient (Wildman–Crippen LogP) is 5.97. The van der Waals surface area contributed by atoms with Crippen molar-refractivity contribution in [3.05, 3.63) is 75.8 Å². The summed E-state index contributed by atoms with van der Waals surface area (Å²) in [4.78, 5) is 12.3. The summed E-state index contributed by atoms with van der Waals surface area (Å²) < 4.78 is 45.7. The number of rotatable bonds is 2. The lowest BCUT2D eigenvalue weighted by Crippen LogP contribution is -2.32. The quantitative estimate of drug-likeness (QED) is 0.492. The molecule has 4 rings (SSSR count). The van der Waals surface area contributed by atoms with E-state index in [0.717, 1.165) is 6.07 Å². The second-order valence-electron chi connectivity index (χ2n) is 6.94. The van der Waals surface area contributed by atoms with E-state index in [1.165, 1.54) is 19.2 Å². The lowest BCUT2D eigenvalue weighted by atomic mass is 9.74. The molecule has 146 valence electrons. The van der Waals surface area contributed by atoms with Gasteiger partial charge in [0, 0.05) is 5.92 Å². The fraction of sp³-hybridized carbons (Fsp3) is 0.286. The largest absolute Gasteiger partial charge is 0.465 e. The van der Waals surface area contributed by atoms with E-state index in [2.05, 4.69) is 5.32 Å². The van der Waals surface area contributed by atoms with Gasteiger partial charge in [0.2, 0.25) is 0 Å². The first-order valence-electron chi connectivity index (χ1n) is 8.83. The first-order chi connectivity index (χ1) is 13.3. The number of methoxy groups -OCH3 is 1. The molecule has 0 saturated heterocycles. The SMILES string of the molecule is COC(=O)c1ccc(Cl)c2c1[C@@H]1C=CC[C@@H]1[C@H](c1ccccc1C(F)(F)F)N2. The van der Waals surface area contributed by atoms with Gasteiger partial charge < -0.3 is 10.1 Å². The number of halogens is 4. The minimum atomic E-state index is -4.46. The van der Waals surface area contributed by atoms with E-state index in [0.29, 0.717) is 28.3 Å². The summed E-state index contributed by atoms with van der Waals surface area (Å²) in [5, 5.41) is 3.56. The molecule has 1 aliphatic carbocycles. The summed E-state index contributed by atoms with van der Waals surface area (Å²) in [5.74, 6) is -0.892. The summed E-state index contributed by atoms with van der Waals surface area (Å²) in [5.41, 5.74) is 1.05. The van der Waals surface area contributed by atoms with Crippen LogP contribution in [-0.4, -0.2) is 13.1 Å². The molecule has 2 aromatic rings. The van der Waals surface area contributed by atoms with Crippen LogP contribution in [0, 0.1) is 5.92 Å². The Morgan fingerprint density at radius 1 is 1.21 bits per heavy atom. The number of ether oxygens (including phenoxy) is 1. The molecule has 1 N–H and O–H groups in total. The molecule has 7 heteroatoms. The van der Waals surface area contributed by atoms with Crippen LogP contribution in [0.5, 0.6) is 0 Å². The van der Waals surface area contributed by atoms with Crippen molar-refractivity contribution < 1.29 is 22.7 Å². The Bertz CT molecular complexity index is 971. The molecule has 0 saturated carbocycles. The van der Waals surface area contributed by atoms with Crippen molar-refractivity contribution in [2.75, 3.05) is 12.4 Å². The average molecular weight is 408 g/mol. The molecule has 1 heterocycles. The van der Waals surface area contributed by atoms with Gasteiger partial charge >= 0.3 is 12.1 Å². The van der Waals surface area contributed by atoms with Crippen molar-refractivity contribution in [3.8, 4) is 0 Å². The van der Waals surface area contributed by atoms with E-state index >= 15 is 0 Å². The Morgan fingerprint density at radius 2 is 1.96 bits per heavy atom. The molecule has 28 heavy (non-hydrogen) atoms. The van der Waals surface area contributed by atoms with Gasteiger partial charge in [-0.3, -0.25) is 0 Å². The molecule has 0 bridgehead atoms. The molecule has 2 aliphatic rings. The van der Waals surface area contributed by atoms with E-state index < -0.39 is 23.8 Å². The number of fused-ring (bicyclic) bond motifs is 3. The van der Waals surface area contributed by atoms with Crippen molar-refractivity contribution in [1.82, 2.24) is 0 Å². The van der Waals surface area contributed by atoms with Gasteiger partial charge in [0.25, 0.3) is 0 Å². The van der Waals surface area contributed by atoms with Gasteiger partial charge in [-0.1, -0.05) is 42.0 Å². The van der Waals surface area contributed by atoms with Crippen molar-refractivity contribution in [2.24, 2.45) is 5.92 Å². The highest BCUT2D eigenvalue weighted by molar-refractivity contribution is 6.33. The second-order valence-corrected chi connectivity index (χ2v) is 7.34. The Kier molecular flexibility index (Phi) is 4.62. The maximum Gasteiger partial charge on any atom is 0.416 e. The van der Waals surface area contributed by atoms with Crippen LogP contribution in [0.4, 0.5) is 18.9 Å². The van der Waals surface area contributed by atoms with Crippen LogP contribution in [0.25, 0.3) is 0 Å².